The summed E-state index contributed by atoms with van der Waals surface area (Å²) in [6.45, 7) is -0.447. The SMILES string of the molecule is O=C(O)CN(C(=O)c1ccccn1)c1ccc(Cl)cc1. The lowest BCUT2D eigenvalue weighted by Gasteiger charge is -2.20. The maximum Gasteiger partial charge on any atom is 0.323 e. The van der Waals surface area contributed by atoms with Gasteiger partial charge < -0.3 is 5.11 Å². The van der Waals surface area contributed by atoms with E-state index >= 15 is 0 Å². The Morgan fingerprint density at radius 2 is 1.85 bits per heavy atom. The van der Waals surface area contributed by atoms with Gasteiger partial charge in [-0.25, -0.2) is 0 Å². The van der Waals surface area contributed by atoms with Crippen LogP contribution in [0.15, 0.2) is 48.7 Å². The van der Waals surface area contributed by atoms with Crippen molar-refractivity contribution in [1.29, 1.82) is 0 Å². The van der Waals surface area contributed by atoms with E-state index in [1.54, 1.807) is 36.4 Å². The number of nitrogens with zero attached hydrogens (tertiary/aromatic N) is 2. The van der Waals surface area contributed by atoms with E-state index in [4.69, 9.17) is 16.7 Å². The van der Waals surface area contributed by atoms with E-state index < -0.39 is 18.4 Å². The fourth-order valence-electron chi connectivity index (χ4n) is 1.66. The highest BCUT2D eigenvalue weighted by atomic mass is 35.5. The minimum Gasteiger partial charge on any atom is -0.480 e. The topological polar surface area (TPSA) is 70.5 Å². The standard InChI is InChI=1S/C14H11ClN2O3/c15-10-4-6-11(7-5-10)17(9-13(18)19)14(20)12-3-1-2-8-16-12/h1-8H,9H2,(H,18,19). The van der Waals surface area contributed by atoms with Crippen molar-refractivity contribution in [2.45, 2.75) is 0 Å². The number of rotatable bonds is 4. The Kier molecular flexibility index (Phi) is 4.32. The van der Waals surface area contributed by atoms with E-state index in [9.17, 15) is 9.59 Å². The van der Waals surface area contributed by atoms with Crippen LogP contribution < -0.4 is 4.90 Å². The van der Waals surface area contributed by atoms with E-state index in [1.807, 2.05) is 0 Å². The van der Waals surface area contributed by atoms with Crippen molar-refractivity contribution >= 4 is 29.2 Å². The number of halogens is 1. The molecule has 2 rings (SSSR count). The lowest BCUT2D eigenvalue weighted by atomic mass is 10.2. The summed E-state index contributed by atoms with van der Waals surface area (Å²) in [4.78, 5) is 28.4. The number of carbonyl (C=O) groups excluding carboxylic acids is 1. The number of carboxylic acid groups (broad SMARTS) is 1. The summed E-state index contributed by atoms with van der Waals surface area (Å²) in [5.74, 6) is -1.58. The quantitative estimate of drug-likeness (QED) is 0.939. The number of aromatic nitrogens is 1. The van der Waals surface area contributed by atoms with Gasteiger partial charge in [0.1, 0.15) is 12.2 Å². The summed E-state index contributed by atoms with van der Waals surface area (Å²) in [5, 5.41) is 9.46. The molecular weight excluding hydrogens is 280 g/mol. The average Bonchev–Trinajstić information content (AvgIpc) is 2.46. The molecule has 0 fully saturated rings. The molecule has 6 heteroatoms. The molecular formula is C14H11ClN2O3. The smallest absolute Gasteiger partial charge is 0.323 e. The van der Waals surface area contributed by atoms with Gasteiger partial charge in [-0.2, -0.15) is 0 Å². The average molecular weight is 291 g/mol. The number of carboxylic acids is 1. The summed E-state index contributed by atoms with van der Waals surface area (Å²) < 4.78 is 0. The highest BCUT2D eigenvalue weighted by molar-refractivity contribution is 6.30. The molecule has 0 aliphatic heterocycles. The molecule has 1 N–H and O–H groups in total. The van der Waals surface area contributed by atoms with Crippen LogP contribution in [0.25, 0.3) is 0 Å². The van der Waals surface area contributed by atoms with Crippen LogP contribution in [0.4, 0.5) is 5.69 Å². The Morgan fingerprint density at radius 3 is 2.40 bits per heavy atom. The predicted molar refractivity (Wildman–Crippen MR) is 75.0 cm³/mol. The van der Waals surface area contributed by atoms with Crippen LogP contribution >= 0.6 is 11.6 Å². The van der Waals surface area contributed by atoms with Gasteiger partial charge in [0.05, 0.1) is 0 Å². The number of hydrogen-bond acceptors (Lipinski definition) is 3. The molecule has 0 saturated carbocycles. The van der Waals surface area contributed by atoms with Crippen LogP contribution in [0.1, 0.15) is 10.5 Å². The number of pyridine rings is 1. The first-order valence-corrected chi connectivity index (χ1v) is 6.16. The lowest BCUT2D eigenvalue weighted by molar-refractivity contribution is -0.135. The molecule has 1 aromatic heterocycles. The van der Waals surface area contributed by atoms with Crippen molar-refractivity contribution < 1.29 is 14.7 Å². The van der Waals surface area contributed by atoms with Crippen LogP contribution in [0.2, 0.25) is 5.02 Å². The summed E-state index contributed by atoms with van der Waals surface area (Å²) in [6, 6.07) is 11.3. The molecule has 2 aromatic rings. The second kappa shape index (κ2) is 6.16. The molecule has 20 heavy (non-hydrogen) atoms. The van der Waals surface area contributed by atoms with Crippen LogP contribution in [-0.2, 0) is 4.79 Å². The highest BCUT2D eigenvalue weighted by Crippen LogP contribution is 2.19. The zero-order chi connectivity index (χ0) is 14.5. The monoisotopic (exact) mass is 290 g/mol. The van der Waals surface area contributed by atoms with Crippen molar-refractivity contribution in [3.63, 3.8) is 0 Å². The zero-order valence-electron chi connectivity index (χ0n) is 10.4. The molecule has 1 heterocycles. The van der Waals surface area contributed by atoms with Crippen molar-refractivity contribution in [3.05, 3.63) is 59.4 Å². The minimum atomic E-state index is -1.11. The number of anilines is 1. The van der Waals surface area contributed by atoms with Gasteiger partial charge in [-0.1, -0.05) is 17.7 Å². The summed E-state index contributed by atoms with van der Waals surface area (Å²) >= 11 is 5.79. The second-order valence-corrected chi connectivity index (χ2v) is 4.41. The first-order chi connectivity index (χ1) is 9.58. The number of aliphatic carboxylic acids is 1. The largest absolute Gasteiger partial charge is 0.480 e. The fourth-order valence-corrected chi connectivity index (χ4v) is 1.79. The van der Waals surface area contributed by atoms with Crippen LogP contribution in [0.3, 0.4) is 0 Å². The molecule has 0 spiro atoms. The number of carbonyl (C=O) groups is 2. The second-order valence-electron chi connectivity index (χ2n) is 3.98. The lowest BCUT2D eigenvalue weighted by Crippen LogP contribution is -2.36. The Bertz CT molecular complexity index is 614. The fraction of sp³-hybridized carbons (Fsp3) is 0.0714. The van der Waals surface area contributed by atoms with Gasteiger partial charge in [0.15, 0.2) is 0 Å². The summed E-state index contributed by atoms with van der Waals surface area (Å²) in [5.41, 5.74) is 0.635. The van der Waals surface area contributed by atoms with Gasteiger partial charge in [-0.05, 0) is 36.4 Å². The van der Waals surface area contributed by atoms with Gasteiger partial charge in [0, 0.05) is 16.9 Å². The minimum absolute atomic E-state index is 0.184. The van der Waals surface area contributed by atoms with Gasteiger partial charge in [-0.3, -0.25) is 19.5 Å². The molecule has 0 unspecified atom stereocenters. The molecule has 0 aliphatic carbocycles. The highest BCUT2D eigenvalue weighted by Gasteiger charge is 2.21. The maximum atomic E-state index is 12.3. The number of hydrogen-bond donors (Lipinski definition) is 1. The summed E-state index contributed by atoms with van der Waals surface area (Å²) in [6.07, 6.45) is 1.48. The third kappa shape index (κ3) is 3.33. The molecule has 5 nitrogen and oxygen atoms in total. The molecule has 0 aliphatic rings. The van der Waals surface area contributed by atoms with Gasteiger partial charge in [0.2, 0.25) is 0 Å². The predicted octanol–water partition coefficient (Wildman–Crippen LogP) is 2.47. The molecule has 102 valence electrons. The van der Waals surface area contributed by atoms with Crippen molar-refractivity contribution in [2.75, 3.05) is 11.4 Å². The number of amides is 1. The van der Waals surface area contributed by atoms with E-state index in [0.29, 0.717) is 10.7 Å². The van der Waals surface area contributed by atoms with E-state index in [-0.39, 0.29) is 5.69 Å². The zero-order valence-corrected chi connectivity index (χ0v) is 11.1. The van der Waals surface area contributed by atoms with Crippen LogP contribution in [0, 0.1) is 0 Å². The first-order valence-electron chi connectivity index (χ1n) is 5.78. The van der Waals surface area contributed by atoms with Gasteiger partial charge >= 0.3 is 5.97 Å². The Hall–Kier alpha value is -2.40. The van der Waals surface area contributed by atoms with Crippen LogP contribution in [-0.4, -0.2) is 28.5 Å². The van der Waals surface area contributed by atoms with Crippen molar-refractivity contribution in [3.8, 4) is 0 Å². The number of benzene rings is 1. The van der Waals surface area contributed by atoms with E-state index in [0.717, 1.165) is 4.90 Å². The third-order valence-corrected chi connectivity index (χ3v) is 2.81. The Labute approximate surface area is 120 Å². The molecule has 0 atom stereocenters. The Balaban J connectivity index is 2.35. The molecule has 1 aromatic carbocycles. The van der Waals surface area contributed by atoms with Gasteiger partial charge in [-0.15, -0.1) is 0 Å². The Morgan fingerprint density at radius 1 is 1.15 bits per heavy atom. The maximum absolute atomic E-state index is 12.3. The van der Waals surface area contributed by atoms with Crippen molar-refractivity contribution in [2.24, 2.45) is 0 Å². The first kappa shape index (κ1) is 14.0. The third-order valence-electron chi connectivity index (χ3n) is 2.56. The molecule has 1 amide bonds. The van der Waals surface area contributed by atoms with Crippen LogP contribution in [0.5, 0.6) is 0 Å². The van der Waals surface area contributed by atoms with E-state index in [2.05, 4.69) is 4.98 Å². The molecule has 0 radical (unpaired) electrons. The summed E-state index contributed by atoms with van der Waals surface area (Å²) in [7, 11) is 0. The van der Waals surface area contributed by atoms with Crippen molar-refractivity contribution in [1.82, 2.24) is 4.98 Å². The van der Waals surface area contributed by atoms with Gasteiger partial charge in [0.25, 0.3) is 5.91 Å². The van der Waals surface area contributed by atoms with E-state index in [1.165, 1.54) is 12.3 Å². The molecule has 0 bridgehead atoms. The molecule has 0 saturated heterocycles. The normalized spacial score (nSPS) is 10.1.